The Balaban J connectivity index is 2.06. The van der Waals surface area contributed by atoms with E-state index in [9.17, 15) is 14.5 Å². The van der Waals surface area contributed by atoms with Crippen molar-refractivity contribution in [3.05, 3.63) is 16.7 Å². The van der Waals surface area contributed by atoms with E-state index >= 15 is 0 Å². The zero-order valence-electron chi connectivity index (χ0n) is 10.1. The molecule has 0 unspecified atom stereocenters. The molecule has 5 N–H and O–H groups in total. The minimum Gasteiger partial charge on any atom is -0.390 e. The largest absolute Gasteiger partial charge is 0.469 e. The van der Waals surface area contributed by atoms with Gasteiger partial charge in [-0.1, -0.05) is 0 Å². The van der Waals surface area contributed by atoms with Crippen molar-refractivity contribution in [1.29, 1.82) is 0 Å². The summed E-state index contributed by atoms with van der Waals surface area (Å²) in [4.78, 5) is 32.2. The van der Waals surface area contributed by atoms with Gasteiger partial charge >= 0.3 is 13.5 Å². The summed E-state index contributed by atoms with van der Waals surface area (Å²) in [5.41, 5.74) is 4.54. The van der Waals surface area contributed by atoms with Gasteiger partial charge in [-0.05, 0) is 0 Å². The molecule has 0 saturated carbocycles. The number of nitrogens with zero attached hydrogens (tertiary/aromatic N) is 3. The second kappa shape index (κ2) is 5.56. The highest BCUT2D eigenvalue weighted by atomic mass is 31.2. The number of hydrogen-bond donors (Lipinski definition) is 4. The van der Waals surface area contributed by atoms with Crippen molar-refractivity contribution in [2.75, 3.05) is 12.3 Å². The van der Waals surface area contributed by atoms with Crippen molar-refractivity contribution in [2.24, 2.45) is 0 Å². The average molecular weight is 308 g/mol. The van der Waals surface area contributed by atoms with E-state index in [1.165, 1.54) is 0 Å². The molecule has 1 aliphatic rings. The van der Waals surface area contributed by atoms with Crippen molar-refractivity contribution in [2.45, 2.75) is 24.9 Å². The second-order valence-electron chi connectivity index (χ2n) is 4.13. The van der Waals surface area contributed by atoms with Gasteiger partial charge < -0.3 is 25.4 Å². The molecule has 20 heavy (non-hydrogen) atoms. The minimum atomic E-state index is -4.66. The fourth-order valence-electron chi connectivity index (χ4n) is 1.74. The van der Waals surface area contributed by atoms with Crippen LogP contribution in [0, 0.1) is 0 Å². The molecule has 0 aliphatic carbocycles. The summed E-state index contributed by atoms with van der Waals surface area (Å²) >= 11 is 0. The predicted molar refractivity (Wildman–Crippen MR) is 63.2 cm³/mol. The van der Waals surface area contributed by atoms with Gasteiger partial charge in [0.1, 0.15) is 11.9 Å². The Morgan fingerprint density at radius 1 is 1.60 bits per heavy atom. The normalized spacial score (nSPS) is 26.9. The molecule has 0 radical (unpaired) electrons. The first-order chi connectivity index (χ1) is 9.26. The molecular formula is C8H13N4O7P. The Morgan fingerprint density at radius 2 is 2.30 bits per heavy atom. The van der Waals surface area contributed by atoms with Gasteiger partial charge in [0.15, 0.2) is 6.23 Å². The van der Waals surface area contributed by atoms with E-state index in [-0.39, 0.29) is 12.2 Å². The summed E-state index contributed by atoms with van der Waals surface area (Å²) in [6.07, 6.45) is -1.79. The zero-order chi connectivity index (χ0) is 14.9. The molecule has 1 aromatic rings. The highest BCUT2D eigenvalue weighted by molar-refractivity contribution is 7.46. The number of phosphoric ester groups is 1. The number of ether oxygens (including phenoxy) is 1. The molecule has 112 valence electrons. The van der Waals surface area contributed by atoms with Crippen LogP contribution in [-0.4, -0.2) is 48.5 Å². The molecule has 0 aromatic carbocycles. The van der Waals surface area contributed by atoms with Crippen LogP contribution in [0.2, 0.25) is 0 Å². The third-order valence-corrected chi connectivity index (χ3v) is 3.10. The van der Waals surface area contributed by atoms with Crippen molar-refractivity contribution < 1.29 is 28.7 Å². The highest BCUT2D eigenvalue weighted by Crippen LogP contribution is 2.37. The number of nitrogens with two attached hydrogens (primary N) is 1. The van der Waals surface area contributed by atoms with E-state index in [2.05, 4.69) is 14.6 Å². The number of aliphatic hydroxyl groups is 1. The summed E-state index contributed by atoms with van der Waals surface area (Å²) in [6, 6.07) is 0. The smallest absolute Gasteiger partial charge is 0.390 e. The van der Waals surface area contributed by atoms with Gasteiger partial charge in [0.25, 0.3) is 0 Å². The lowest BCUT2D eigenvalue weighted by Crippen LogP contribution is -2.30. The van der Waals surface area contributed by atoms with Crippen molar-refractivity contribution in [3.8, 4) is 0 Å². The van der Waals surface area contributed by atoms with Gasteiger partial charge in [0, 0.05) is 6.42 Å². The van der Waals surface area contributed by atoms with Crippen LogP contribution >= 0.6 is 7.82 Å². The number of aromatic nitrogens is 3. The van der Waals surface area contributed by atoms with E-state index < -0.39 is 38.6 Å². The Morgan fingerprint density at radius 3 is 2.90 bits per heavy atom. The first-order valence-corrected chi connectivity index (χ1v) is 7.04. The summed E-state index contributed by atoms with van der Waals surface area (Å²) in [5, 5.41) is 13.4. The van der Waals surface area contributed by atoms with Crippen LogP contribution in [0.25, 0.3) is 0 Å². The van der Waals surface area contributed by atoms with Gasteiger partial charge in [-0.15, -0.1) is 0 Å². The van der Waals surface area contributed by atoms with Crippen LogP contribution in [0.1, 0.15) is 12.6 Å². The fourth-order valence-corrected chi connectivity index (χ4v) is 2.08. The number of anilines is 1. The Bertz CT molecular complexity index is 586. The van der Waals surface area contributed by atoms with Crippen molar-refractivity contribution >= 4 is 13.6 Å². The number of rotatable bonds is 4. The van der Waals surface area contributed by atoms with Crippen LogP contribution in [0.15, 0.2) is 11.0 Å². The van der Waals surface area contributed by atoms with E-state index in [4.69, 9.17) is 20.3 Å². The van der Waals surface area contributed by atoms with E-state index in [1.54, 1.807) is 0 Å². The summed E-state index contributed by atoms with van der Waals surface area (Å²) in [7, 11) is -4.66. The van der Waals surface area contributed by atoms with Crippen LogP contribution in [-0.2, 0) is 13.8 Å². The van der Waals surface area contributed by atoms with Crippen LogP contribution in [0.5, 0.6) is 0 Å². The average Bonchev–Trinajstić information content (AvgIpc) is 2.67. The molecular weight excluding hydrogens is 295 g/mol. The van der Waals surface area contributed by atoms with Gasteiger partial charge in [-0.25, -0.2) is 9.36 Å². The van der Waals surface area contributed by atoms with Crippen LogP contribution < -0.4 is 11.4 Å². The SMILES string of the molecule is Nc1cnn([C@H]2C[C@H](O)[C@@H](COP(=O)(O)O)O2)c(=O)n1. The quantitative estimate of drug-likeness (QED) is 0.455. The second-order valence-corrected chi connectivity index (χ2v) is 5.37. The van der Waals surface area contributed by atoms with Gasteiger partial charge in [0.2, 0.25) is 0 Å². The molecule has 2 heterocycles. The molecule has 1 aliphatic heterocycles. The molecule has 2 rings (SSSR count). The van der Waals surface area contributed by atoms with Crippen LogP contribution in [0.4, 0.5) is 5.82 Å². The van der Waals surface area contributed by atoms with Gasteiger partial charge in [-0.3, -0.25) is 4.52 Å². The minimum absolute atomic E-state index is 0.00763. The lowest BCUT2D eigenvalue weighted by Gasteiger charge is -2.15. The first kappa shape index (κ1) is 15.0. The van der Waals surface area contributed by atoms with Gasteiger partial charge in [0.05, 0.1) is 18.9 Å². The molecule has 3 atom stereocenters. The van der Waals surface area contributed by atoms with E-state index in [0.717, 1.165) is 10.9 Å². The third-order valence-electron chi connectivity index (χ3n) is 2.62. The molecule has 1 saturated heterocycles. The number of nitrogen functional groups attached to an aromatic ring is 1. The summed E-state index contributed by atoms with van der Waals surface area (Å²) < 4.78 is 21.0. The molecule has 11 nitrogen and oxygen atoms in total. The Labute approximate surface area is 112 Å². The number of hydrogen-bond acceptors (Lipinski definition) is 8. The Kier molecular flexibility index (Phi) is 4.18. The van der Waals surface area contributed by atoms with Crippen molar-refractivity contribution in [3.63, 3.8) is 0 Å². The maximum atomic E-state index is 11.5. The molecule has 0 amide bonds. The number of phosphoric acid groups is 1. The summed E-state index contributed by atoms with van der Waals surface area (Å²) in [5.74, 6) is -0.0498. The third kappa shape index (κ3) is 3.60. The first-order valence-electron chi connectivity index (χ1n) is 5.51. The molecule has 0 bridgehead atoms. The zero-order valence-corrected chi connectivity index (χ0v) is 11.0. The monoisotopic (exact) mass is 308 g/mol. The van der Waals surface area contributed by atoms with Crippen molar-refractivity contribution in [1.82, 2.24) is 14.8 Å². The van der Waals surface area contributed by atoms with E-state index in [0.29, 0.717) is 0 Å². The molecule has 1 aromatic heterocycles. The molecule has 12 heteroatoms. The predicted octanol–water partition coefficient (Wildman–Crippen LogP) is -2.02. The number of aliphatic hydroxyl groups excluding tert-OH is 1. The van der Waals surface area contributed by atoms with Crippen LogP contribution in [0.3, 0.4) is 0 Å². The lowest BCUT2D eigenvalue weighted by atomic mass is 10.2. The standard InChI is InChI=1S/C8H13N4O7P/c9-6-2-10-12(8(14)11-6)7-1-4(13)5(19-7)3-18-20(15,16)17/h2,4-5,7,13H,1,3H2,(H2,9,11,14)(H2,15,16,17)/t4-,5+,7+/m0/s1. The van der Waals surface area contributed by atoms with Gasteiger partial charge in [-0.2, -0.15) is 14.8 Å². The Hall–Kier alpha value is -1.36. The maximum Gasteiger partial charge on any atom is 0.469 e. The summed E-state index contributed by atoms with van der Waals surface area (Å²) in [6.45, 7) is -0.515. The highest BCUT2D eigenvalue weighted by Gasteiger charge is 2.37. The molecule has 0 spiro atoms. The van der Waals surface area contributed by atoms with E-state index in [1.807, 2.05) is 0 Å². The fraction of sp³-hybridized carbons (Fsp3) is 0.625. The lowest BCUT2D eigenvalue weighted by molar-refractivity contribution is -0.0496. The topological polar surface area (TPSA) is 170 Å². The maximum absolute atomic E-state index is 11.5. The molecule has 1 fully saturated rings.